The number of anilines is 1. The lowest BCUT2D eigenvalue weighted by atomic mass is 10.1. The van der Waals surface area contributed by atoms with Crippen LogP contribution in [0.4, 0.5) is 18.9 Å². The van der Waals surface area contributed by atoms with Crippen molar-refractivity contribution in [1.82, 2.24) is 16.2 Å². The monoisotopic (exact) mass is 600 g/mol. The largest absolute Gasteiger partial charge is 0.459 e. The number of amides is 3. The van der Waals surface area contributed by atoms with E-state index < -0.39 is 50.4 Å². The average Bonchev–Trinajstić information content (AvgIpc) is 3.51. The van der Waals surface area contributed by atoms with Crippen LogP contribution in [0.2, 0.25) is 0 Å². The van der Waals surface area contributed by atoms with Crippen LogP contribution >= 0.6 is 0 Å². The molecular weight excluding hydrogens is 577 g/mol. The van der Waals surface area contributed by atoms with Crippen molar-refractivity contribution in [2.24, 2.45) is 0 Å². The predicted molar refractivity (Wildman–Crippen MR) is 144 cm³/mol. The number of sulfonamides is 1. The average molecular weight is 601 g/mol. The zero-order valence-corrected chi connectivity index (χ0v) is 22.3. The molecule has 0 aliphatic rings. The third kappa shape index (κ3) is 7.75. The summed E-state index contributed by atoms with van der Waals surface area (Å²) in [5.74, 6) is -2.35. The first kappa shape index (κ1) is 29.9. The summed E-state index contributed by atoms with van der Waals surface area (Å²) in [5.41, 5.74) is 3.56. The van der Waals surface area contributed by atoms with Crippen LogP contribution in [-0.2, 0) is 27.4 Å². The van der Waals surface area contributed by atoms with Crippen molar-refractivity contribution in [2.75, 3.05) is 4.72 Å². The molecule has 0 aliphatic heterocycles. The Morgan fingerprint density at radius 3 is 2.24 bits per heavy atom. The molecule has 0 spiro atoms. The van der Waals surface area contributed by atoms with Crippen molar-refractivity contribution in [3.63, 3.8) is 0 Å². The maximum Gasteiger partial charge on any atom is 0.416 e. The van der Waals surface area contributed by atoms with Crippen molar-refractivity contribution in [3.05, 3.63) is 120 Å². The van der Waals surface area contributed by atoms with E-state index in [4.69, 9.17) is 4.42 Å². The molecule has 4 rings (SSSR count). The molecule has 1 unspecified atom stereocenters. The van der Waals surface area contributed by atoms with E-state index in [9.17, 15) is 36.0 Å². The summed E-state index contributed by atoms with van der Waals surface area (Å²) in [5, 5.41) is 2.54. The zero-order chi connectivity index (χ0) is 30.3. The van der Waals surface area contributed by atoms with E-state index in [1.165, 1.54) is 30.5 Å². The van der Waals surface area contributed by atoms with Crippen LogP contribution in [0.15, 0.2) is 107 Å². The van der Waals surface area contributed by atoms with Gasteiger partial charge in [-0.2, -0.15) is 13.2 Å². The number of halogens is 3. The SMILES string of the molecule is O=C(NNC(=O)C(Cc1ccccc1)NC(=O)c1ccco1)c1cccc(S(=O)(=O)Nc2cccc(C(F)(F)F)c2)c1. The van der Waals surface area contributed by atoms with Gasteiger partial charge >= 0.3 is 6.18 Å². The van der Waals surface area contributed by atoms with Crippen molar-refractivity contribution < 1.29 is 40.4 Å². The van der Waals surface area contributed by atoms with Gasteiger partial charge in [-0.25, -0.2) is 8.42 Å². The van der Waals surface area contributed by atoms with Crippen molar-refractivity contribution >= 4 is 33.4 Å². The lowest BCUT2D eigenvalue weighted by Gasteiger charge is -2.18. The van der Waals surface area contributed by atoms with Gasteiger partial charge < -0.3 is 9.73 Å². The third-order valence-electron chi connectivity index (χ3n) is 5.80. The van der Waals surface area contributed by atoms with Crippen LogP contribution in [0.3, 0.4) is 0 Å². The van der Waals surface area contributed by atoms with Gasteiger partial charge in [0.15, 0.2) is 5.76 Å². The standard InChI is InChI=1S/C28H23F3N4O6S/c29-28(30,31)20-10-5-11-21(17-20)35-42(39,40)22-12-4-9-19(16-22)25(36)33-34-26(37)23(15-18-7-2-1-3-8-18)32-27(38)24-13-6-14-41-24/h1-14,16-17,23,35H,15H2,(H,32,38)(H,33,36)(H,34,37). The molecule has 1 atom stereocenters. The molecule has 0 fully saturated rings. The van der Waals surface area contributed by atoms with Crippen molar-refractivity contribution in [3.8, 4) is 0 Å². The topological polar surface area (TPSA) is 147 Å². The molecular formula is C28H23F3N4O6S. The van der Waals surface area contributed by atoms with E-state index >= 15 is 0 Å². The van der Waals surface area contributed by atoms with Crippen LogP contribution < -0.4 is 20.9 Å². The van der Waals surface area contributed by atoms with E-state index in [1.807, 2.05) is 0 Å². The first-order valence-corrected chi connectivity index (χ1v) is 13.7. The lowest BCUT2D eigenvalue weighted by Crippen LogP contribution is -2.53. The summed E-state index contributed by atoms with van der Waals surface area (Å²) in [4.78, 5) is 37.8. The second-order valence-electron chi connectivity index (χ2n) is 8.85. The van der Waals surface area contributed by atoms with E-state index in [-0.39, 0.29) is 23.4 Å². The Labute approximate surface area is 237 Å². The van der Waals surface area contributed by atoms with Gasteiger partial charge in [0.25, 0.3) is 27.7 Å². The molecule has 1 heterocycles. The smallest absolute Gasteiger partial charge is 0.416 e. The molecule has 0 aliphatic carbocycles. The predicted octanol–water partition coefficient (Wildman–Crippen LogP) is 3.90. The van der Waals surface area contributed by atoms with Gasteiger partial charge in [0.1, 0.15) is 6.04 Å². The van der Waals surface area contributed by atoms with Crippen LogP contribution in [0.5, 0.6) is 0 Å². The van der Waals surface area contributed by atoms with Crippen LogP contribution in [0.1, 0.15) is 32.0 Å². The molecule has 0 saturated heterocycles. The molecule has 1 aromatic heterocycles. The maximum atomic E-state index is 13.0. The van der Waals surface area contributed by atoms with E-state index in [0.29, 0.717) is 6.07 Å². The van der Waals surface area contributed by atoms with Gasteiger partial charge in [-0.1, -0.05) is 42.5 Å². The fourth-order valence-corrected chi connectivity index (χ4v) is 4.85. The first-order chi connectivity index (χ1) is 19.9. The van der Waals surface area contributed by atoms with Gasteiger partial charge in [-0.15, -0.1) is 0 Å². The Kier molecular flexibility index (Phi) is 8.96. The highest BCUT2D eigenvalue weighted by Gasteiger charge is 2.31. The summed E-state index contributed by atoms with van der Waals surface area (Å²) in [7, 11) is -4.39. The van der Waals surface area contributed by atoms with E-state index in [1.54, 1.807) is 30.3 Å². The number of alkyl halides is 3. The second-order valence-corrected chi connectivity index (χ2v) is 10.5. The van der Waals surface area contributed by atoms with Crippen LogP contribution in [-0.4, -0.2) is 32.2 Å². The quantitative estimate of drug-likeness (QED) is 0.214. The lowest BCUT2D eigenvalue weighted by molar-refractivity contribution is -0.137. The van der Waals surface area contributed by atoms with Crippen LogP contribution in [0, 0.1) is 0 Å². The Bertz CT molecular complexity index is 1680. The molecule has 0 bridgehead atoms. The van der Waals surface area contributed by atoms with Gasteiger partial charge in [0.2, 0.25) is 0 Å². The molecule has 0 radical (unpaired) electrons. The molecule has 3 amide bonds. The highest BCUT2D eigenvalue weighted by atomic mass is 32.2. The molecule has 4 aromatic rings. The minimum atomic E-state index is -4.68. The number of benzene rings is 3. The molecule has 3 aromatic carbocycles. The third-order valence-corrected chi connectivity index (χ3v) is 7.18. The van der Waals surface area contributed by atoms with Gasteiger partial charge in [-0.05, 0) is 54.1 Å². The number of furan rings is 1. The van der Waals surface area contributed by atoms with Gasteiger partial charge in [-0.3, -0.25) is 30.0 Å². The summed E-state index contributed by atoms with van der Waals surface area (Å²) < 4.78 is 71.8. The number of carbonyl (C=O) groups is 3. The number of rotatable bonds is 9. The Balaban J connectivity index is 1.44. The minimum absolute atomic E-state index is 0.0262. The highest BCUT2D eigenvalue weighted by molar-refractivity contribution is 7.92. The number of nitrogens with one attached hydrogen (secondary N) is 4. The number of hydrogen-bond acceptors (Lipinski definition) is 6. The Morgan fingerprint density at radius 1 is 0.810 bits per heavy atom. The van der Waals surface area contributed by atoms with E-state index in [0.717, 1.165) is 35.9 Å². The summed E-state index contributed by atoms with van der Waals surface area (Å²) in [6.45, 7) is 0. The maximum absolute atomic E-state index is 13.0. The fraction of sp³-hybridized carbons (Fsp3) is 0.107. The molecule has 42 heavy (non-hydrogen) atoms. The second kappa shape index (κ2) is 12.6. The van der Waals surface area contributed by atoms with Crippen molar-refractivity contribution in [1.29, 1.82) is 0 Å². The highest BCUT2D eigenvalue weighted by Crippen LogP contribution is 2.31. The number of carbonyl (C=O) groups excluding carboxylic acids is 3. The summed E-state index contributed by atoms with van der Waals surface area (Å²) in [6.07, 6.45) is -3.31. The molecule has 218 valence electrons. The van der Waals surface area contributed by atoms with E-state index in [2.05, 4.69) is 20.9 Å². The van der Waals surface area contributed by atoms with Crippen LogP contribution in [0.25, 0.3) is 0 Å². The molecule has 0 saturated carbocycles. The number of hydrogen-bond donors (Lipinski definition) is 4. The Hall–Kier alpha value is -5.11. The zero-order valence-electron chi connectivity index (χ0n) is 21.5. The minimum Gasteiger partial charge on any atom is -0.459 e. The summed E-state index contributed by atoms with van der Waals surface area (Å²) in [6, 6.07) is 18.9. The van der Waals surface area contributed by atoms with Gasteiger partial charge in [0.05, 0.1) is 16.7 Å². The Morgan fingerprint density at radius 2 is 1.55 bits per heavy atom. The summed E-state index contributed by atoms with van der Waals surface area (Å²) >= 11 is 0. The number of hydrazine groups is 1. The first-order valence-electron chi connectivity index (χ1n) is 12.2. The normalized spacial score (nSPS) is 12.2. The van der Waals surface area contributed by atoms with Gasteiger partial charge in [0, 0.05) is 17.7 Å². The fourth-order valence-electron chi connectivity index (χ4n) is 3.75. The van der Waals surface area contributed by atoms with Crippen molar-refractivity contribution in [2.45, 2.75) is 23.5 Å². The molecule has 14 heteroatoms. The molecule has 10 nitrogen and oxygen atoms in total. The molecule has 4 N–H and O–H groups in total.